The molecule has 0 fully saturated rings. The van der Waals surface area contributed by atoms with Gasteiger partial charge in [-0.25, -0.2) is 0 Å². The van der Waals surface area contributed by atoms with Crippen molar-refractivity contribution < 1.29 is 9.59 Å². The Hall–Kier alpha value is -0.880. The van der Waals surface area contributed by atoms with E-state index in [4.69, 9.17) is 5.73 Å². The summed E-state index contributed by atoms with van der Waals surface area (Å²) in [4.78, 5) is 22.9. The Morgan fingerprint density at radius 1 is 1.60 bits per heavy atom. The van der Waals surface area contributed by atoms with Gasteiger partial charge in [0.05, 0.1) is 8.66 Å². The highest BCUT2D eigenvalue weighted by atomic mass is 79.9. The zero-order valence-electron chi connectivity index (χ0n) is 8.33. The number of hydrogen-bond donors (Lipinski definition) is 2. The first-order valence-electron chi connectivity index (χ1n) is 4.28. The summed E-state index contributed by atoms with van der Waals surface area (Å²) in [6.07, 6.45) is 0. The number of thiophene rings is 1. The summed E-state index contributed by atoms with van der Waals surface area (Å²) in [7, 11) is 0. The van der Waals surface area contributed by atoms with Crippen molar-refractivity contribution in [1.29, 1.82) is 0 Å². The first kappa shape index (κ1) is 12.2. The third-order valence-corrected chi connectivity index (χ3v) is 3.99. The van der Waals surface area contributed by atoms with Gasteiger partial charge in [0, 0.05) is 0 Å². The molecule has 0 bridgehead atoms. The zero-order chi connectivity index (χ0) is 11.6. The molecule has 1 aromatic heterocycles. The van der Waals surface area contributed by atoms with Gasteiger partial charge in [-0.1, -0.05) is 0 Å². The minimum atomic E-state index is -0.654. The topological polar surface area (TPSA) is 72.2 Å². The van der Waals surface area contributed by atoms with Gasteiger partial charge in [0.1, 0.15) is 6.04 Å². The predicted molar refractivity (Wildman–Crippen MR) is 62.9 cm³/mol. The minimum Gasteiger partial charge on any atom is -0.368 e. The van der Waals surface area contributed by atoms with E-state index >= 15 is 0 Å². The van der Waals surface area contributed by atoms with E-state index in [1.165, 1.54) is 11.3 Å². The Morgan fingerprint density at radius 2 is 2.20 bits per heavy atom. The zero-order valence-corrected chi connectivity index (χ0v) is 10.7. The standard InChI is InChI=1S/C9H11BrN2O2S/c1-4-3-6(15-7(4)10)9(14)12-5(2)8(11)13/h3,5H,1-2H3,(H2,11,13)(H,12,14). The van der Waals surface area contributed by atoms with Crippen LogP contribution in [0.3, 0.4) is 0 Å². The average Bonchev–Trinajstić information content (AvgIpc) is 2.46. The number of aryl methyl sites for hydroxylation is 1. The Morgan fingerprint density at radius 3 is 2.60 bits per heavy atom. The number of nitrogens with one attached hydrogen (secondary N) is 1. The fraction of sp³-hybridized carbons (Fsp3) is 0.333. The van der Waals surface area contributed by atoms with Crippen LogP contribution in [0.15, 0.2) is 9.85 Å². The number of rotatable bonds is 3. The van der Waals surface area contributed by atoms with Crippen LogP contribution in [-0.4, -0.2) is 17.9 Å². The highest BCUT2D eigenvalue weighted by Crippen LogP contribution is 2.27. The van der Waals surface area contributed by atoms with Gasteiger partial charge in [-0.05, 0) is 41.4 Å². The number of hydrogen-bond acceptors (Lipinski definition) is 3. The van der Waals surface area contributed by atoms with E-state index < -0.39 is 11.9 Å². The second kappa shape index (κ2) is 4.76. The van der Waals surface area contributed by atoms with Crippen LogP contribution in [0.5, 0.6) is 0 Å². The van der Waals surface area contributed by atoms with Crippen molar-refractivity contribution in [1.82, 2.24) is 5.32 Å². The fourth-order valence-electron chi connectivity index (χ4n) is 0.911. The summed E-state index contributed by atoms with van der Waals surface area (Å²) in [5.74, 6) is -0.823. The highest BCUT2D eigenvalue weighted by molar-refractivity contribution is 9.11. The van der Waals surface area contributed by atoms with Crippen LogP contribution in [0.4, 0.5) is 0 Å². The van der Waals surface area contributed by atoms with Crippen molar-refractivity contribution in [2.75, 3.05) is 0 Å². The lowest BCUT2D eigenvalue weighted by Crippen LogP contribution is -2.41. The summed E-state index contributed by atoms with van der Waals surface area (Å²) < 4.78 is 0.916. The van der Waals surface area contributed by atoms with Gasteiger partial charge in [0.25, 0.3) is 5.91 Å². The quantitative estimate of drug-likeness (QED) is 0.884. The number of carbonyl (C=O) groups excluding carboxylic acids is 2. The second-order valence-electron chi connectivity index (χ2n) is 3.16. The first-order valence-corrected chi connectivity index (χ1v) is 5.89. The lowest BCUT2D eigenvalue weighted by atomic mass is 10.3. The summed E-state index contributed by atoms with van der Waals surface area (Å²) in [6.45, 7) is 3.45. The van der Waals surface area contributed by atoms with E-state index in [1.54, 1.807) is 13.0 Å². The molecule has 0 aliphatic carbocycles. The van der Waals surface area contributed by atoms with E-state index in [0.29, 0.717) is 4.88 Å². The van der Waals surface area contributed by atoms with Gasteiger partial charge in [-0.15, -0.1) is 11.3 Å². The fourth-order valence-corrected chi connectivity index (χ4v) is 2.35. The molecule has 0 aliphatic rings. The monoisotopic (exact) mass is 290 g/mol. The molecule has 0 spiro atoms. The van der Waals surface area contributed by atoms with E-state index in [2.05, 4.69) is 21.2 Å². The summed E-state index contributed by atoms with van der Waals surface area (Å²) in [6, 6.07) is 1.11. The number of halogens is 1. The molecule has 4 nitrogen and oxygen atoms in total. The molecule has 0 saturated heterocycles. The van der Waals surface area contributed by atoms with Gasteiger partial charge in [0.2, 0.25) is 5.91 Å². The Kier molecular flexibility index (Phi) is 3.87. The third-order valence-electron chi connectivity index (χ3n) is 1.86. The van der Waals surface area contributed by atoms with Gasteiger partial charge >= 0.3 is 0 Å². The minimum absolute atomic E-state index is 0.278. The van der Waals surface area contributed by atoms with Crippen molar-refractivity contribution >= 4 is 39.1 Å². The molecule has 0 saturated carbocycles. The normalized spacial score (nSPS) is 12.2. The SMILES string of the molecule is Cc1cc(C(=O)NC(C)C(N)=O)sc1Br. The first-order chi connectivity index (χ1) is 6.91. The largest absolute Gasteiger partial charge is 0.368 e. The van der Waals surface area contributed by atoms with Crippen LogP contribution in [0, 0.1) is 6.92 Å². The van der Waals surface area contributed by atoms with Crippen molar-refractivity contribution in [2.45, 2.75) is 19.9 Å². The third kappa shape index (κ3) is 3.04. The van der Waals surface area contributed by atoms with E-state index in [0.717, 1.165) is 9.35 Å². The molecule has 6 heteroatoms. The molecule has 15 heavy (non-hydrogen) atoms. The Bertz CT molecular complexity index is 383. The van der Waals surface area contributed by atoms with E-state index in [-0.39, 0.29) is 5.91 Å². The molecule has 2 amide bonds. The summed E-state index contributed by atoms with van der Waals surface area (Å²) in [5, 5.41) is 2.51. The van der Waals surface area contributed by atoms with Crippen LogP contribution in [0.1, 0.15) is 22.2 Å². The second-order valence-corrected chi connectivity index (χ2v) is 5.53. The van der Waals surface area contributed by atoms with Crippen LogP contribution in [-0.2, 0) is 4.79 Å². The van der Waals surface area contributed by atoms with E-state index in [9.17, 15) is 9.59 Å². The molecule has 0 radical (unpaired) electrons. The average molecular weight is 291 g/mol. The van der Waals surface area contributed by atoms with Gasteiger partial charge < -0.3 is 11.1 Å². The molecular formula is C9H11BrN2O2S. The molecule has 82 valence electrons. The molecule has 3 N–H and O–H groups in total. The van der Waals surface area contributed by atoms with Gasteiger partial charge in [-0.2, -0.15) is 0 Å². The van der Waals surface area contributed by atoms with Crippen molar-refractivity contribution in [3.05, 3.63) is 20.3 Å². The predicted octanol–water partition coefficient (Wildman–Crippen LogP) is 1.42. The maximum atomic E-state index is 11.6. The maximum Gasteiger partial charge on any atom is 0.262 e. The van der Waals surface area contributed by atoms with Gasteiger partial charge in [0.15, 0.2) is 0 Å². The van der Waals surface area contributed by atoms with Crippen molar-refractivity contribution in [3.8, 4) is 0 Å². The number of carbonyl (C=O) groups is 2. The molecule has 0 aromatic carbocycles. The lowest BCUT2D eigenvalue weighted by Gasteiger charge is -2.08. The van der Waals surface area contributed by atoms with E-state index in [1.807, 2.05) is 6.92 Å². The van der Waals surface area contributed by atoms with Crippen LogP contribution in [0.25, 0.3) is 0 Å². The number of amides is 2. The molecule has 1 heterocycles. The summed E-state index contributed by atoms with van der Waals surface area (Å²) >= 11 is 4.66. The van der Waals surface area contributed by atoms with Crippen LogP contribution >= 0.6 is 27.3 Å². The highest BCUT2D eigenvalue weighted by Gasteiger charge is 2.16. The smallest absolute Gasteiger partial charge is 0.262 e. The Balaban J connectivity index is 2.73. The molecule has 1 atom stereocenters. The van der Waals surface area contributed by atoms with Crippen molar-refractivity contribution in [3.63, 3.8) is 0 Å². The lowest BCUT2D eigenvalue weighted by molar-refractivity contribution is -0.119. The molecular weight excluding hydrogens is 280 g/mol. The summed E-state index contributed by atoms with van der Waals surface area (Å²) in [5.41, 5.74) is 6.04. The van der Waals surface area contributed by atoms with Crippen LogP contribution < -0.4 is 11.1 Å². The molecule has 1 unspecified atom stereocenters. The van der Waals surface area contributed by atoms with Crippen molar-refractivity contribution in [2.24, 2.45) is 5.73 Å². The maximum absolute atomic E-state index is 11.6. The molecule has 1 rings (SSSR count). The van der Waals surface area contributed by atoms with Gasteiger partial charge in [-0.3, -0.25) is 9.59 Å². The number of primary amides is 1. The van der Waals surface area contributed by atoms with Crippen LogP contribution in [0.2, 0.25) is 0 Å². The Labute approximate surface area is 100.0 Å². The molecule has 1 aromatic rings. The molecule has 0 aliphatic heterocycles. The number of nitrogens with two attached hydrogens (primary N) is 1.